The smallest absolute Gasteiger partial charge is 0.183 e. The number of hydrogen-bond acceptors (Lipinski definition) is 4. The first kappa shape index (κ1) is 13.7. The highest BCUT2D eigenvalue weighted by Crippen LogP contribution is 2.24. The van der Waals surface area contributed by atoms with Crippen LogP contribution in [0.5, 0.6) is 0 Å². The standard InChI is InChI=1S/C11H16F2N2O2/c12-8-2-3-9(14)11(10(8)13)15-4-1-6-17-7-5-16/h2-3,15-16H,1,4-7,14H2. The second kappa shape index (κ2) is 7.03. The molecule has 17 heavy (non-hydrogen) atoms. The first-order chi connectivity index (χ1) is 8.16. The van der Waals surface area contributed by atoms with Gasteiger partial charge in [0.15, 0.2) is 11.6 Å². The van der Waals surface area contributed by atoms with E-state index in [2.05, 4.69) is 5.32 Å². The van der Waals surface area contributed by atoms with Crippen molar-refractivity contribution in [2.24, 2.45) is 0 Å². The van der Waals surface area contributed by atoms with Gasteiger partial charge in [0.25, 0.3) is 0 Å². The summed E-state index contributed by atoms with van der Waals surface area (Å²) in [5.41, 5.74) is 5.66. The van der Waals surface area contributed by atoms with Gasteiger partial charge in [0.1, 0.15) is 0 Å². The molecule has 0 heterocycles. The Labute approximate surface area is 98.4 Å². The number of rotatable bonds is 7. The van der Waals surface area contributed by atoms with Gasteiger partial charge < -0.3 is 20.9 Å². The van der Waals surface area contributed by atoms with Crippen LogP contribution in [-0.4, -0.2) is 31.5 Å². The number of aliphatic hydroxyl groups is 1. The minimum Gasteiger partial charge on any atom is -0.397 e. The maximum atomic E-state index is 13.3. The summed E-state index contributed by atoms with van der Waals surface area (Å²) in [6.45, 7) is 1.09. The second-order valence-corrected chi connectivity index (χ2v) is 3.44. The first-order valence-corrected chi connectivity index (χ1v) is 5.32. The Morgan fingerprint density at radius 2 is 2.06 bits per heavy atom. The van der Waals surface area contributed by atoms with Gasteiger partial charge in [0, 0.05) is 13.2 Å². The monoisotopic (exact) mass is 246 g/mol. The van der Waals surface area contributed by atoms with Gasteiger partial charge in [-0.05, 0) is 18.6 Å². The fourth-order valence-corrected chi connectivity index (χ4v) is 1.30. The molecule has 0 aliphatic carbocycles. The average Bonchev–Trinajstić information content (AvgIpc) is 2.32. The number of nitrogen functional groups attached to an aromatic ring is 1. The van der Waals surface area contributed by atoms with E-state index in [0.29, 0.717) is 19.6 Å². The van der Waals surface area contributed by atoms with Crippen LogP contribution in [0.2, 0.25) is 0 Å². The number of nitrogens with two attached hydrogens (primary N) is 1. The van der Waals surface area contributed by atoms with Crippen LogP contribution in [0.3, 0.4) is 0 Å². The highest BCUT2D eigenvalue weighted by atomic mass is 19.2. The van der Waals surface area contributed by atoms with Gasteiger partial charge in [0.2, 0.25) is 0 Å². The van der Waals surface area contributed by atoms with Crippen LogP contribution < -0.4 is 11.1 Å². The molecule has 0 unspecified atom stereocenters. The summed E-state index contributed by atoms with van der Waals surface area (Å²) < 4.78 is 31.2. The Balaban J connectivity index is 2.39. The van der Waals surface area contributed by atoms with Gasteiger partial charge in [-0.1, -0.05) is 0 Å². The summed E-state index contributed by atoms with van der Waals surface area (Å²) in [5, 5.41) is 11.2. The molecule has 0 atom stereocenters. The largest absolute Gasteiger partial charge is 0.397 e. The molecule has 0 saturated heterocycles. The van der Waals surface area contributed by atoms with Crippen LogP contribution in [0.15, 0.2) is 12.1 Å². The van der Waals surface area contributed by atoms with E-state index in [4.69, 9.17) is 15.6 Å². The second-order valence-electron chi connectivity index (χ2n) is 3.44. The minimum absolute atomic E-state index is 0.0211. The van der Waals surface area contributed by atoms with E-state index in [-0.39, 0.29) is 24.6 Å². The van der Waals surface area contributed by atoms with Crippen LogP contribution in [0.4, 0.5) is 20.2 Å². The molecule has 0 amide bonds. The fraction of sp³-hybridized carbons (Fsp3) is 0.455. The number of halogens is 2. The molecule has 1 aromatic carbocycles. The molecule has 0 saturated carbocycles. The maximum Gasteiger partial charge on any atom is 0.183 e. The van der Waals surface area contributed by atoms with Crippen molar-refractivity contribution in [2.75, 3.05) is 37.4 Å². The summed E-state index contributed by atoms with van der Waals surface area (Å²) in [4.78, 5) is 0. The van der Waals surface area contributed by atoms with E-state index in [0.717, 1.165) is 6.07 Å². The molecule has 0 radical (unpaired) electrons. The van der Waals surface area contributed by atoms with Crippen molar-refractivity contribution in [3.8, 4) is 0 Å². The third-order valence-corrected chi connectivity index (χ3v) is 2.13. The molecular formula is C11H16F2N2O2. The molecule has 0 aliphatic heterocycles. The molecule has 4 N–H and O–H groups in total. The van der Waals surface area contributed by atoms with E-state index >= 15 is 0 Å². The molecule has 0 fully saturated rings. The molecule has 1 rings (SSSR count). The van der Waals surface area contributed by atoms with E-state index in [9.17, 15) is 8.78 Å². The SMILES string of the molecule is Nc1ccc(F)c(F)c1NCCCOCCO. The number of anilines is 2. The van der Waals surface area contributed by atoms with Crippen LogP contribution in [0.1, 0.15) is 6.42 Å². The van der Waals surface area contributed by atoms with Crippen molar-refractivity contribution in [2.45, 2.75) is 6.42 Å². The van der Waals surface area contributed by atoms with Crippen molar-refractivity contribution in [1.29, 1.82) is 0 Å². The lowest BCUT2D eigenvalue weighted by molar-refractivity contribution is 0.0922. The number of ether oxygens (including phenoxy) is 1. The number of nitrogens with one attached hydrogen (secondary N) is 1. The van der Waals surface area contributed by atoms with Crippen LogP contribution in [0.25, 0.3) is 0 Å². The summed E-state index contributed by atoms with van der Waals surface area (Å²) >= 11 is 0. The van der Waals surface area contributed by atoms with E-state index in [1.54, 1.807) is 0 Å². The van der Waals surface area contributed by atoms with E-state index in [1.807, 2.05) is 0 Å². The molecule has 6 heteroatoms. The van der Waals surface area contributed by atoms with E-state index < -0.39 is 11.6 Å². The summed E-state index contributed by atoms with van der Waals surface area (Å²) in [5.74, 6) is -1.90. The molecule has 96 valence electrons. The third-order valence-electron chi connectivity index (χ3n) is 2.13. The molecule has 0 aliphatic rings. The normalized spacial score (nSPS) is 10.5. The molecular weight excluding hydrogens is 230 g/mol. The number of aliphatic hydroxyl groups excluding tert-OH is 1. The lowest BCUT2D eigenvalue weighted by atomic mass is 10.2. The van der Waals surface area contributed by atoms with Gasteiger partial charge in [0.05, 0.1) is 24.6 Å². The van der Waals surface area contributed by atoms with Crippen molar-refractivity contribution in [1.82, 2.24) is 0 Å². The zero-order valence-corrected chi connectivity index (χ0v) is 9.38. The van der Waals surface area contributed by atoms with Gasteiger partial charge in [-0.2, -0.15) is 0 Å². The van der Waals surface area contributed by atoms with Crippen LogP contribution >= 0.6 is 0 Å². The summed E-state index contributed by atoms with van der Waals surface area (Å²) in [6.07, 6.45) is 0.607. The van der Waals surface area contributed by atoms with Crippen LogP contribution in [-0.2, 0) is 4.74 Å². The lowest BCUT2D eigenvalue weighted by Crippen LogP contribution is -2.10. The number of hydrogen-bond donors (Lipinski definition) is 3. The Bertz CT molecular complexity index is 362. The Morgan fingerprint density at radius 3 is 2.76 bits per heavy atom. The van der Waals surface area contributed by atoms with Gasteiger partial charge in [-0.15, -0.1) is 0 Å². The van der Waals surface area contributed by atoms with Crippen molar-refractivity contribution in [3.05, 3.63) is 23.8 Å². The zero-order valence-electron chi connectivity index (χ0n) is 9.38. The van der Waals surface area contributed by atoms with Crippen molar-refractivity contribution >= 4 is 11.4 Å². The molecule has 1 aromatic rings. The highest BCUT2D eigenvalue weighted by Gasteiger charge is 2.10. The maximum absolute atomic E-state index is 13.3. The molecule has 0 spiro atoms. The Morgan fingerprint density at radius 1 is 1.29 bits per heavy atom. The summed E-state index contributed by atoms with van der Waals surface area (Å²) in [7, 11) is 0. The fourth-order valence-electron chi connectivity index (χ4n) is 1.30. The number of benzene rings is 1. The predicted octanol–water partition coefficient (Wildman–Crippen LogP) is 1.36. The van der Waals surface area contributed by atoms with Gasteiger partial charge in [-0.25, -0.2) is 8.78 Å². The predicted molar refractivity (Wildman–Crippen MR) is 61.8 cm³/mol. The van der Waals surface area contributed by atoms with E-state index in [1.165, 1.54) is 6.07 Å². The summed E-state index contributed by atoms with van der Waals surface area (Å²) in [6, 6.07) is 2.29. The van der Waals surface area contributed by atoms with Crippen molar-refractivity contribution in [3.63, 3.8) is 0 Å². The highest BCUT2D eigenvalue weighted by molar-refractivity contribution is 5.66. The topological polar surface area (TPSA) is 67.5 Å². The lowest BCUT2D eigenvalue weighted by Gasteiger charge is -2.10. The van der Waals surface area contributed by atoms with Gasteiger partial charge in [-0.3, -0.25) is 0 Å². The Hall–Kier alpha value is -1.40. The van der Waals surface area contributed by atoms with Crippen molar-refractivity contribution < 1.29 is 18.6 Å². The Kier molecular flexibility index (Phi) is 5.65. The molecule has 0 aromatic heterocycles. The minimum atomic E-state index is -0.971. The molecule has 0 bridgehead atoms. The third kappa shape index (κ3) is 4.16. The zero-order chi connectivity index (χ0) is 12.7. The van der Waals surface area contributed by atoms with Gasteiger partial charge >= 0.3 is 0 Å². The van der Waals surface area contributed by atoms with Crippen LogP contribution in [0, 0.1) is 11.6 Å². The first-order valence-electron chi connectivity index (χ1n) is 5.32. The molecule has 4 nitrogen and oxygen atoms in total. The quantitative estimate of drug-likeness (QED) is 0.502. The average molecular weight is 246 g/mol.